The lowest BCUT2D eigenvalue weighted by Gasteiger charge is -2.10. The van der Waals surface area contributed by atoms with Gasteiger partial charge < -0.3 is 21.6 Å². The minimum Gasteiger partial charge on any atom is -0.480 e. The Kier molecular flexibility index (Phi) is 6.20. The zero-order valence-electron chi connectivity index (χ0n) is 13.0. The molecule has 23 heavy (non-hydrogen) atoms. The van der Waals surface area contributed by atoms with E-state index in [1.54, 1.807) is 32.0 Å². The third-order valence-electron chi connectivity index (χ3n) is 3.09. The van der Waals surface area contributed by atoms with E-state index in [4.69, 9.17) is 16.2 Å². The molecule has 0 saturated carbocycles. The molecule has 1 rings (SSSR count). The largest absolute Gasteiger partial charge is 0.480 e. The van der Waals surface area contributed by atoms with Gasteiger partial charge in [0.1, 0.15) is 6.54 Å². The van der Waals surface area contributed by atoms with Crippen LogP contribution in [0.3, 0.4) is 0 Å². The maximum absolute atomic E-state index is 11.8. The molecule has 0 aliphatic heterocycles. The first kappa shape index (κ1) is 18.1. The molecular weight excluding hydrogens is 298 g/mol. The number of carbonyl (C=O) groups excluding carboxylic acids is 2. The van der Waals surface area contributed by atoms with E-state index in [9.17, 15) is 14.4 Å². The lowest BCUT2D eigenvalue weighted by atomic mass is 9.97. The average Bonchev–Trinajstić information content (AvgIpc) is 2.45. The molecule has 1 aromatic carbocycles. The zero-order valence-corrected chi connectivity index (χ0v) is 13.0. The van der Waals surface area contributed by atoms with Crippen LogP contribution in [0.15, 0.2) is 29.8 Å². The number of allylic oxidation sites excluding steroid dienone is 1. The molecule has 0 fully saturated rings. The Morgan fingerprint density at radius 1 is 1.35 bits per heavy atom. The van der Waals surface area contributed by atoms with Crippen LogP contribution < -0.4 is 11.1 Å². The minimum absolute atomic E-state index is 0.223. The van der Waals surface area contributed by atoms with Gasteiger partial charge in [-0.15, -0.1) is 0 Å². The second-order valence-corrected chi connectivity index (χ2v) is 5.11. The molecule has 2 amide bonds. The van der Waals surface area contributed by atoms with E-state index in [1.807, 2.05) is 0 Å². The summed E-state index contributed by atoms with van der Waals surface area (Å²) in [5, 5.41) is 18.3. The summed E-state index contributed by atoms with van der Waals surface area (Å²) in [5.74, 6) is -2.20. The van der Waals surface area contributed by atoms with E-state index < -0.39 is 24.3 Å². The molecule has 0 atom stereocenters. The highest BCUT2D eigenvalue weighted by atomic mass is 16.4. The lowest BCUT2D eigenvalue weighted by Crippen LogP contribution is -2.29. The Balaban J connectivity index is 2.96. The summed E-state index contributed by atoms with van der Waals surface area (Å²) in [6, 6.07) is 4.85. The van der Waals surface area contributed by atoms with Gasteiger partial charge in [0.25, 0.3) is 5.91 Å². The van der Waals surface area contributed by atoms with Crippen molar-refractivity contribution in [2.45, 2.75) is 20.3 Å². The van der Waals surface area contributed by atoms with Gasteiger partial charge in [0.2, 0.25) is 5.91 Å². The number of aliphatic carboxylic acids is 1. The maximum atomic E-state index is 11.8. The first-order chi connectivity index (χ1) is 10.7. The number of aryl methyl sites for hydroxylation is 1. The van der Waals surface area contributed by atoms with E-state index in [2.05, 4.69) is 5.32 Å². The standard InChI is InChI=1S/C16H19N3O4/c1-9-5-12(16(23)19-8-14(20)21)4-3-11(9)7-13(15(18)22)6-10(2)17/h3-6,17H,7-8H2,1-2H3,(H2,18,22)(H,19,23)(H,20,21)/b13-6-,17-10?. The van der Waals surface area contributed by atoms with Crippen molar-refractivity contribution >= 4 is 23.5 Å². The van der Waals surface area contributed by atoms with Crippen LogP contribution in [-0.4, -0.2) is 35.1 Å². The van der Waals surface area contributed by atoms with Crippen LogP contribution in [0.2, 0.25) is 0 Å². The van der Waals surface area contributed by atoms with Crippen LogP contribution in [0.1, 0.15) is 28.4 Å². The highest BCUT2D eigenvalue weighted by Crippen LogP contribution is 2.15. The molecular formula is C16H19N3O4. The normalized spacial score (nSPS) is 11.0. The molecule has 7 nitrogen and oxygen atoms in total. The third kappa shape index (κ3) is 5.74. The SMILES string of the molecule is CC(=N)/C=C(/Cc1ccc(C(=O)NCC(=O)O)cc1C)C(N)=O. The summed E-state index contributed by atoms with van der Waals surface area (Å²) in [4.78, 5) is 33.7. The van der Waals surface area contributed by atoms with Crippen molar-refractivity contribution in [2.24, 2.45) is 5.73 Å². The number of carboxylic acid groups (broad SMARTS) is 1. The fourth-order valence-electron chi connectivity index (χ4n) is 1.97. The van der Waals surface area contributed by atoms with Gasteiger partial charge >= 0.3 is 5.97 Å². The van der Waals surface area contributed by atoms with Crippen LogP contribution in [-0.2, 0) is 16.0 Å². The Morgan fingerprint density at radius 3 is 2.48 bits per heavy atom. The number of nitrogens with two attached hydrogens (primary N) is 1. The predicted octanol–water partition coefficient (Wildman–Crippen LogP) is 0.803. The summed E-state index contributed by atoms with van der Waals surface area (Å²) in [6.45, 7) is 2.87. The second-order valence-electron chi connectivity index (χ2n) is 5.11. The summed E-state index contributed by atoms with van der Waals surface area (Å²) >= 11 is 0. The summed E-state index contributed by atoms with van der Waals surface area (Å²) in [6.07, 6.45) is 1.67. The number of carbonyl (C=O) groups is 3. The Hall–Kier alpha value is -2.96. The van der Waals surface area contributed by atoms with Gasteiger partial charge in [-0.2, -0.15) is 0 Å². The second kappa shape index (κ2) is 7.88. The Labute approximate surface area is 133 Å². The van der Waals surface area contributed by atoms with Crippen LogP contribution in [0.5, 0.6) is 0 Å². The van der Waals surface area contributed by atoms with Gasteiger partial charge in [-0.05, 0) is 43.2 Å². The van der Waals surface area contributed by atoms with Crippen molar-refractivity contribution in [1.29, 1.82) is 5.41 Å². The number of benzene rings is 1. The van der Waals surface area contributed by atoms with E-state index in [0.717, 1.165) is 11.1 Å². The number of hydrogen-bond donors (Lipinski definition) is 4. The molecule has 7 heteroatoms. The van der Waals surface area contributed by atoms with Crippen molar-refractivity contribution in [2.75, 3.05) is 6.54 Å². The molecule has 0 heterocycles. The molecule has 5 N–H and O–H groups in total. The number of hydrogen-bond acceptors (Lipinski definition) is 4. The van der Waals surface area contributed by atoms with E-state index in [1.165, 1.54) is 6.08 Å². The number of rotatable bonds is 7. The first-order valence-electron chi connectivity index (χ1n) is 6.85. The van der Waals surface area contributed by atoms with Gasteiger partial charge in [-0.25, -0.2) is 0 Å². The van der Waals surface area contributed by atoms with Crippen molar-refractivity contribution in [3.63, 3.8) is 0 Å². The van der Waals surface area contributed by atoms with E-state index in [-0.39, 0.29) is 12.1 Å². The van der Waals surface area contributed by atoms with Crippen LogP contribution in [0.25, 0.3) is 0 Å². The predicted molar refractivity (Wildman–Crippen MR) is 85.5 cm³/mol. The molecule has 122 valence electrons. The van der Waals surface area contributed by atoms with E-state index in [0.29, 0.717) is 11.1 Å². The van der Waals surface area contributed by atoms with Crippen molar-refractivity contribution in [1.82, 2.24) is 5.32 Å². The molecule has 1 aromatic rings. The third-order valence-corrected chi connectivity index (χ3v) is 3.09. The molecule has 0 bridgehead atoms. The van der Waals surface area contributed by atoms with Crippen molar-refractivity contribution in [3.05, 3.63) is 46.5 Å². The highest BCUT2D eigenvalue weighted by Gasteiger charge is 2.12. The summed E-state index contributed by atoms with van der Waals surface area (Å²) in [5.41, 5.74) is 7.73. The average molecular weight is 317 g/mol. The van der Waals surface area contributed by atoms with Crippen LogP contribution >= 0.6 is 0 Å². The van der Waals surface area contributed by atoms with Crippen LogP contribution in [0.4, 0.5) is 0 Å². The topological polar surface area (TPSA) is 133 Å². The molecule has 0 aliphatic carbocycles. The highest BCUT2D eigenvalue weighted by molar-refractivity contribution is 6.01. The van der Waals surface area contributed by atoms with Gasteiger partial charge in [-0.1, -0.05) is 6.07 Å². The molecule has 0 spiro atoms. The fourth-order valence-corrected chi connectivity index (χ4v) is 1.97. The molecule has 0 radical (unpaired) electrons. The molecule has 0 aliphatic rings. The number of amides is 2. The zero-order chi connectivity index (χ0) is 17.6. The monoisotopic (exact) mass is 317 g/mol. The number of primary amides is 1. The smallest absolute Gasteiger partial charge is 0.322 e. The quantitative estimate of drug-likeness (QED) is 0.437. The van der Waals surface area contributed by atoms with E-state index >= 15 is 0 Å². The maximum Gasteiger partial charge on any atom is 0.322 e. The van der Waals surface area contributed by atoms with Gasteiger partial charge in [0, 0.05) is 23.3 Å². The first-order valence-corrected chi connectivity index (χ1v) is 6.85. The minimum atomic E-state index is -1.12. The van der Waals surface area contributed by atoms with Gasteiger partial charge in [-0.3, -0.25) is 14.4 Å². The van der Waals surface area contributed by atoms with Gasteiger partial charge in [0.15, 0.2) is 0 Å². The number of nitrogens with one attached hydrogen (secondary N) is 2. The summed E-state index contributed by atoms with van der Waals surface area (Å²) in [7, 11) is 0. The lowest BCUT2D eigenvalue weighted by molar-refractivity contribution is -0.135. The summed E-state index contributed by atoms with van der Waals surface area (Å²) < 4.78 is 0. The molecule has 0 saturated heterocycles. The van der Waals surface area contributed by atoms with Crippen LogP contribution in [0, 0.1) is 12.3 Å². The Morgan fingerprint density at radius 2 is 2.00 bits per heavy atom. The Bertz CT molecular complexity index is 693. The fraction of sp³-hybridized carbons (Fsp3) is 0.250. The van der Waals surface area contributed by atoms with Gasteiger partial charge in [0.05, 0.1) is 0 Å². The van der Waals surface area contributed by atoms with Crippen molar-refractivity contribution < 1.29 is 19.5 Å². The molecule has 0 aromatic heterocycles. The molecule has 0 unspecified atom stereocenters. The number of carboxylic acids is 1. The van der Waals surface area contributed by atoms with Crippen molar-refractivity contribution in [3.8, 4) is 0 Å².